The number of nitrogens with one attached hydrogen (secondary N) is 2. The highest BCUT2D eigenvalue weighted by Gasteiger charge is 2.04. The summed E-state index contributed by atoms with van der Waals surface area (Å²) in [5, 5.41) is 5.69. The van der Waals surface area contributed by atoms with Gasteiger partial charge in [-0.3, -0.25) is 9.59 Å². The van der Waals surface area contributed by atoms with Gasteiger partial charge in [0.05, 0.1) is 7.11 Å². The molecule has 0 aromatic heterocycles. The Morgan fingerprint density at radius 1 is 1.33 bits per heavy atom. The van der Waals surface area contributed by atoms with Gasteiger partial charge in [0, 0.05) is 12.5 Å². The van der Waals surface area contributed by atoms with E-state index < -0.39 is 5.97 Å². The van der Waals surface area contributed by atoms with Gasteiger partial charge in [-0.1, -0.05) is 13.8 Å². The van der Waals surface area contributed by atoms with E-state index in [2.05, 4.69) is 29.2 Å². The molecule has 0 saturated carbocycles. The molecule has 15 heavy (non-hydrogen) atoms. The molecule has 0 heterocycles. The maximum absolute atomic E-state index is 11.2. The lowest BCUT2D eigenvalue weighted by atomic mass is 10.2. The van der Waals surface area contributed by atoms with E-state index in [4.69, 9.17) is 0 Å². The molecule has 0 aliphatic rings. The molecule has 0 rings (SSSR count). The SMILES string of the molecule is COC(=O)CNC(=O)CCCNC(C)C. The van der Waals surface area contributed by atoms with Crippen LogP contribution in [0.1, 0.15) is 26.7 Å². The van der Waals surface area contributed by atoms with Gasteiger partial charge >= 0.3 is 5.97 Å². The smallest absolute Gasteiger partial charge is 0.325 e. The summed E-state index contributed by atoms with van der Waals surface area (Å²) in [6.07, 6.45) is 1.20. The second kappa shape index (κ2) is 8.23. The molecule has 0 spiro atoms. The van der Waals surface area contributed by atoms with Crippen molar-refractivity contribution in [2.75, 3.05) is 20.2 Å². The summed E-state index contributed by atoms with van der Waals surface area (Å²) in [4.78, 5) is 21.8. The van der Waals surface area contributed by atoms with Crippen LogP contribution in [0.15, 0.2) is 0 Å². The number of esters is 1. The van der Waals surface area contributed by atoms with Crippen molar-refractivity contribution in [3.63, 3.8) is 0 Å². The Balaban J connectivity index is 3.37. The van der Waals surface area contributed by atoms with Gasteiger partial charge in [0.1, 0.15) is 6.54 Å². The lowest BCUT2D eigenvalue weighted by molar-refractivity contribution is -0.141. The average molecular weight is 216 g/mol. The molecule has 0 saturated heterocycles. The molecule has 88 valence electrons. The summed E-state index contributed by atoms with van der Waals surface area (Å²) in [6.45, 7) is 4.87. The van der Waals surface area contributed by atoms with Crippen LogP contribution in [0.3, 0.4) is 0 Å². The number of hydrogen-bond donors (Lipinski definition) is 2. The molecule has 5 heteroatoms. The van der Waals surface area contributed by atoms with Crippen LogP contribution < -0.4 is 10.6 Å². The van der Waals surface area contributed by atoms with Crippen molar-refractivity contribution >= 4 is 11.9 Å². The first-order chi connectivity index (χ1) is 7.06. The molecular weight excluding hydrogens is 196 g/mol. The lowest BCUT2D eigenvalue weighted by Gasteiger charge is -2.07. The first-order valence-electron chi connectivity index (χ1n) is 5.13. The molecule has 0 aliphatic carbocycles. The van der Waals surface area contributed by atoms with E-state index in [1.807, 2.05) is 0 Å². The maximum atomic E-state index is 11.2. The first-order valence-corrected chi connectivity index (χ1v) is 5.13. The van der Waals surface area contributed by atoms with Crippen LogP contribution in [0.5, 0.6) is 0 Å². The largest absolute Gasteiger partial charge is 0.468 e. The number of carbonyl (C=O) groups is 2. The highest BCUT2D eigenvalue weighted by Crippen LogP contribution is 1.88. The number of amides is 1. The van der Waals surface area contributed by atoms with Gasteiger partial charge in [0.15, 0.2) is 0 Å². The summed E-state index contributed by atoms with van der Waals surface area (Å²) in [6, 6.07) is 0.433. The van der Waals surface area contributed by atoms with E-state index in [9.17, 15) is 9.59 Å². The Morgan fingerprint density at radius 3 is 2.53 bits per heavy atom. The molecule has 0 aromatic rings. The van der Waals surface area contributed by atoms with Gasteiger partial charge in [-0.25, -0.2) is 0 Å². The van der Waals surface area contributed by atoms with Crippen molar-refractivity contribution in [2.24, 2.45) is 0 Å². The Hall–Kier alpha value is -1.10. The van der Waals surface area contributed by atoms with E-state index in [1.54, 1.807) is 0 Å². The third-order valence-corrected chi connectivity index (χ3v) is 1.79. The molecule has 5 nitrogen and oxygen atoms in total. The zero-order valence-corrected chi connectivity index (χ0v) is 9.63. The monoisotopic (exact) mass is 216 g/mol. The predicted octanol–water partition coefficient (Wildman–Crippen LogP) is 0.0538. The minimum atomic E-state index is -0.427. The highest BCUT2D eigenvalue weighted by atomic mass is 16.5. The maximum Gasteiger partial charge on any atom is 0.325 e. The molecule has 0 bridgehead atoms. The third-order valence-electron chi connectivity index (χ3n) is 1.79. The minimum Gasteiger partial charge on any atom is -0.468 e. The average Bonchev–Trinajstić information content (AvgIpc) is 2.20. The lowest BCUT2D eigenvalue weighted by Crippen LogP contribution is -2.31. The van der Waals surface area contributed by atoms with E-state index in [0.717, 1.165) is 13.0 Å². The van der Waals surface area contributed by atoms with Crippen molar-refractivity contribution in [3.8, 4) is 0 Å². The summed E-state index contributed by atoms with van der Waals surface area (Å²) in [5.41, 5.74) is 0. The van der Waals surface area contributed by atoms with Crippen molar-refractivity contribution in [1.82, 2.24) is 10.6 Å². The number of methoxy groups -OCH3 is 1. The number of carbonyl (C=O) groups excluding carboxylic acids is 2. The fourth-order valence-electron chi connectivity index (χ4n) is 0.971. The Kier molecular flexibility index (Phi) is 7.62. The van der Waals surface area contributed by atoms with Crippen LogP contribution in [-0.2, 0) is 14.3 Å². The van der Waals surface area contributed by atoms with E-state index >= 15 is 0 Å². The zero-order chi connectivity index (χ0) is 11.7. The van der Waals surface area contributed by atoms with Crippen molar-refractivity contribution < 1.29 is 14.3 Å². The zero-order valence-electron chi connectivity index (χ0n) is 9.63. The van der Waals surface area contributed by atoms with Gasteiger partial charge in [0.25, 0.3) is 0 Å². The molecular formula is C10H20N2O3. The Morgan fingerprint density at radius 2 is 2.00 bits per heavy atom. The minimum absolute atomic E-state index is 0.0487. The number of rotatable bonds is 7. The Labute approximate surface area is 90.6 Å². The van der Waals surface area contributed by atoms with Crippen LogP contribution >= 0.6 is 0 Å². The van der Waals surface area contributed by atoms with Gasteiger partial charge in [-0.2, -0.15) is 0 Å². The predicted molar refractivity (Wildman–Crippen MR) is 57.4 cm³/mol. The van der Waals surface area contributed by atoms with Crippen LogP contribution in [0.25, 0.3) is 0 Å². The highest BCUT2D eigenvalue weighted by molar-refractivity contribution is 5.81. The molecule has 0 radical (unpaired) electrons. The van der Waals surface area contributed by atoms with Crippen LogP contribution in [0, 0.1) is 0 Å². The van der Waals surface area contributed by atoms with Crippen LogP contribution in [0.4, 0.5) is 0 Å². The van der Waals surface area contributed by atoms with Crippen LogP contribution in [-0.4, -0.2) is 38.1 Å². The van der Waals surface area contributed by atoms with Gasteiger partial charge in [-0.15, -0.1) is 0 Å². The molecule has 0 unspecified atom stereocenters. The molecule has 0 fully saturated rings. The number of ether oxygens (including phenoxy) is 1. The fourth-order valence-corrected chi connectivity index (χ4v) is 0.971. The summed E-state index contributed by atoms with van der Waals surface area (Å²) in [5.74, 6) is -0.547. The van der Waals surface area contributed by atoms with Crippen molar-refractivity contribution in [2.45, 2.75) is 32.7 Å². The molecule has 0 aromatic carbocycles. The summed E-state index contributed by atoms with van der Waals surface area (Å²) >= 11 is 0. The van der Waals surface area contributed by atoms with Gasteiger partial charge < -0.3 is 15.4 Å². The molecule has 2 N–H and O–H groups in total. The Bertz CT molecular complexity index is 205. The van der Waals surface area contributed by atoms with Crippen LogP contribution in [0.2, 0.25) is 0 Å². The first kappa shape index (κ1) is 13.9. The van der Waals surface area contributed by atoms with Crippen molar-refractivity contribution in [1.29, 1.82) is 0 Å². The summed E-state index contributed by atoms with van der Waals surface area (Å²) in [7, 11) is 1.29. The van der Waals surface area contributed by atoms with E-state index in [1.165, 1.54) is 7.11 Å². The van der Waals surface area contributed by atoms with E-state index in [0.29, 0.717) is 12.5 Å². The van der Waals surface area contributed by atoms with E-state index in [-0.39, 0.29) is 12.5 Å². The molecule has 1 amide bonds. The normalized spacial score (nSPS) is 10.1. The fraction of sp³-hybridized carbons (Fsp3) is 0.800. The van der Waals surface area contributed by atoms with Gasteiger partial charge in [0.2, 0.25) is 5.91 Å². The quantitative estimate of drug-likeness (QED) is 0.466. The molecule has 0 atom stereocenters. The van der Waals surface area contributed by atoms with Crippen molar-refractivity contribution in [3.05, 3.63) is 0 Å². The second-order valence-corrected chi connectivity index (χ2v) is 3.57. The number of hydrogen-bond acceptors (Lipinski definition) is 4. The standard InChI is InChI=1S/C10H20N2O3/c1-8(2)11-6-4-5-9(13)12-7-10(14)15-3/h8,11H,4-7H2,1-3H3,(H,12,13). The second-order valence-electron chi connectivity index (χ2n) is 3.57. The third kappa shape index (κ3) is 9.21. The summed E-state index contributed by atoms with van der Waals surface area (Å²) < 4.78 is 4.39. The topological polar surface area (TPSA) is 67.4 Å². The van der Waals surface area contributed by atoms with Gasteiger partial charge in [-0.05, 0) is 13.0 Å². The molecule has 0 aliphatic heterocycles.